The monoisotopic (exact) mass is 357 g/mol. The lowest BCUT2D eigenvalue weighted by atomic mass is 10.3. The molecule has 0 aliphatic heterocycles. The van der Waals surface area contributed by atoms with E-state index >= 15 is 0 Å². The van der Waals surface area contributed by atoms with Crippen LogP contribution < -0.4 is 10.6 Å². The van der Waals surface area contributed by atoms with Crippen molar-refractivity contribution in [2.45, 2.75) is 32.7 Å². The van der Waals surface area contributed by atoms with Gasteiger partial charge < -0.3 is 10.6 Å². The molecule has 3 rings (SSSR count). The summed E-state index contributed by atoms with van der Waals surface area (Å²) in [6.07, 6.45) is 6.79. The second kappa shape index (κ2) is 8.57. The Morgan fingerprint density at radius 1 is 1.28 bits per heavy atom. The largest absolute Gasteiger partial charge is 0.356 e. The zero-order valence-corrected chi connectivity index (χ0v) is 15.4. The first kappa shape index (κ1) is 17.3. The van der Waals surface area contributed by atoms with Gasteiger partial charge in [0.2, 0.25) is 0 Å². The van der Waals surface area contributed by atoms with Crippen LogP contribution in [-0.2, 0) is 19.4 Å². The van der Waals surface area contributed by atoms with Crippen LogP contribution >= 0.6 is 11.3 Å². The molecule has 0 amide bonds. The maximum absolute atomic E-state index is 4.41. The highest BCUT2D eigenvalue weighted by molar-refractivity contribution is 7.11. The number of hydrogen-bond acceptors (Lipinski definition) is 5. The van der Waals surface area contributed by atoms with Crippen LogP contribution in [0.4, 0.5) is 0 Å². The van der Waals surface area contributed by atoms with Crippen molar-refractivity contribution in [1.29, 1.82) is 0 Å². The maximum atomic E-state index is 4.41. The van der Waals surface area contributed by atoms with Crippen molar-refractivity contribution < 1.29 is 0 Å². The number of aromatic nitrogens is 4. The van der Waals surface area contributed by atoms with Gasteiger partial charge >= 0.3 is 0 Å². The molecule has 0 radical (unpaired) electrons. The van der Waals surface area contributed by atoms with E-state index < -0.39 is 0 Å². The van der Waals surface area contributed by atoms with Gasteiger partial charge in [-0.05, 0) is 25.0 Å². The molecule has 0 aliphatic rings. The van der Waals surface area contributed by atoms with Gasteiger partial charge in [0.1, 0.15) is 10.8 Å². The Labute approximate surface area is 151 Å². The topological polar surface area (TPSA) is 79.5 Å². The molecule has 0 aromatic carbocycles. The van der Waals surface area contributed by atoms with Crippen molar-refractivity contribution in [1.82, 2.24) is 30.2 Å². The van der Waals surface area contributed by atoms with Crippen molar-refractivity contribution in [2.75, 3.05) is 13.6 Å². The average Bonchev–Trinajstić information content (AvgIpc) is 3.28. The Morgan fingerprint density at radius 2 is 2.20 bits per heavy atom. The van der Waals surface area contributed by atoms with E-state index in [-0.39, 0.29) is 0 Å². The first-order valence-corrected chi connectivity index (χ1v) is 9.28. The minimum atomic E-state index is 0.694. The fourth-order valence-electron chi connectivity index (χ4n) is 2.49. The lowest BCUT2D eigenvalue weighted by molar-refractivity contribution is 0.713. The molecule has 2 N–H and O–H groups in total. The summed E-state index contributed by atoms with van der Waals surface area (Å²) in [6.45, 7) is 3.66. The molecule has 132 valence electrons. The molecule has 0 saturated heterocycles. The lowest BCUT2D eigenvalue weighted by Crippen LogP contribution is -2.37. The zero-order valence-electron chi connectivity index (χ0n) is 14.6. The molecule has 3 heterocycles. The maximum Gasteiger partial charge on any atom is 0.191 e. The molecular formula is C17H23N7S. The molecule has 0 aliphatic carbocycles. The summed E-state index contributed by atoms with van der Waals surface area (Å²) >= 11 is 1.74. The molecule has 8 heteroatoms. The van der Waals surface area contributed by atoms with Crippen LogP contribution in [0.15, 0.2) is 35.6 Å². The number of aliphatic imine (C=N–C) groups is 1. The highest BCUT2D eigenvalue weighted by Crippen LogP contribution is 2.12. The summed E-state index contributed by atoms with van der Waals surface area (Å²) in [5.41, 5.74) is 0.887. The summed E-state index contributed by atoms with van der Waals surface area (Å²) in [6, 6.07) is 5.92. The Morgan fingerprint density at radius 3 is 3.00 bits per heavy atom. The summed E-state index contributed by atoms with van der Waals surface area (Å²) < 4.78 is 2.03. The summed E-state index contributed by atoms with van der Waals surface area (Å²) in [7, 11) is 1.78. The van der Waals surface area contributed by atoms with Gasteiger partial charge in [0, 0.05) is 37.3 Å². The molecule has 0 fully saturated rings. The number of aryl methyl sites for hydroxylation is 2. The Balaban J connectivity index is 1.42. The SMILES string of the molecule is CCc1cnc(CNC(=NC)NCCCc2nnc3ccccn23)s1. The number of hydrogen-bond donors (Lipinski definition) is 2. The standard InChI is InChI=1S/C17H23N7S/c1-3-13-11-20-16(25-13)12-21-17(18-2)19-9-6-8-15-23-22-14-7-4-5-10-24(14)15/h4-5,7,10-11H,3,6,8-9,12H2,1-2H3,(H2,18,19,21). The van der Waals surface area contributed by atoms with Crippen LogP contribution in [0.1, 0.15) is 29.1 Å². The molecule has 0 unspecified atom stereocenters. The van der Waals surface area contributed by atoms with Crippen LogP contribution in [-0.4, -0.2) is 39.1 Å². The van der Waals surface area contributed by atoms with E-state index in [9.17, 15) is 0 Å². The molecule has 0 atom stereocenters. The summed E-state index contributed by atoms with van der Waals surface area (Å²) in [4.78, 5) is 9.97. The van der Waals surface area contributed by atoms with Crippen molar-refractivity contribution >= 4 is 22.9 Å². The van der Waals surface area contributed by atoms with Gasteiger partial charge in [-0.25, -0.2) is 4.98 Å². The number of fused-ring (bicyclic) bond motifs is 1. The molecular weight excluding hydrogens is 334 g/mol. The number of nitrogens with one attached hydrogen (secondary N) is 2. The van der Waals surface area contributed by atoms with Crippen molar-refractivity contribution in [3.8, 4) is 0 Å². The summed E-state index contributed by atoms with van der Waals surface area (Å²) in [5.74, 6) is 1.77. The Kier molecular flexibility index (Phi) is 5.95. The van der Waals surface area contributed by atoms with Crippen LogP contribution in [0, 0.1) is 0 Å². The van der Waals surface area contributed by atoms with Gasteiger partial charge in [0.25, 0.3) is 0 Å². The van der Waals surface area contributed by atoms with Crippen LogP contribution in [0.25, 0.3) is 5.65 Å². The minimum absolute atomic E-state index is 0.694. The number of pyridine rings is 1. The third-order valence-corrected chi connectivity index (χ3v) is 4.98. The van der Waals surface area contributed by atoms with Crippen LogP contribution in [0.3, 0.4) is 0 Å². The van der Waals surface area contributed by atoms with E-state index in [0.717, 1.165) is 48.2 Å². The molecule has 0 saturated carbocycles. The summed E-state index contributed by atoms with van der Waals surface area (Å²) in [5, 5.41) is 16.1. The van der Waals surface area contributed by atoms with E-state index in [1.807, 2.05) is 35.0 Å². The predicted molar refractivity (Wildman–Crippen MR) is 101 cm³/mol. The van der Waals surface area contributed by atoms with E-state index in [2.05, 4.69) is 37.7 Å². The number of thiazole rings is 1. The van der Waals surface area contributed by atoms with E-state index in [4.69, 9.17) is 0 Å². The predicted octanol–water partition coefficient (Wildman–Crippen LogP) is 2.05. The van der Waals surface area contributed by atoms with E-state index in [1.165, 1.54) is 4.88 Å². The Hall–Kier alpha value is -2.48. The highest BCUT2D eigenvalue weighted by Gasteiger charge is 2.05. The molecule has 3 aromatic rings. The molecule has 25 heavy (non-hydrogen) atoms. The van der Waals surface area contributed by atoms with Gasteiger partial charge in [0.05, 0.1) is 6.54 Å². The number of nitrogens with zero attached hydrogens (tertiary/aromatic N) is 5. The molecule has 0 bridgehead atoms. The lowest BCUT2D eigenvalue weighted by Gasteiger charge is -2.10. The normalized spacial score (nSPS) is 11.8. The van der Waals surface area contributed by atoms with Gasteiger partial charge in [-0.15, -0.1) is 21.5 Å². The number of guanidine groups is 1. The first-order chi connectivity index (χ1) is 12.3. The highest BCUT2D eigenvalue weighted by atomic mass is 32.1. The van der Waals surface area contributed by atoms with Gasteiger partial charge in [-0.2, -0.15) is 0 Å². The Bertz CT molecular complexity index is 836. The average molecular weight is 357 g/mol. The second-order valence-electron chi connectivity index (χ2n) is 5.58. The van der Waals surface area contributed by atoms with Crippen molar-refractivity contribution in [3.63, 3.8) is 0 Å². The quantitative estimate of drug-likeness (QED) is 0.384. The van der Waals surface area contributed by atoms with Gasteiger partial charge in [-0.1, -0.05) is 13.0 Å². The van der Waals surface area contributed by atoms with E-state index in [1.54, 1.807) is 18.4 Å². The minimum Gasteiger partial charge on any atom is -0.356 e. The van der Waals surface area contributed by atoms with Crippen LogP contribution in [0.2, 0.25) is 0 Å². The number of rotatable bonds is 7. The van der Waals surface area contributed by atoms with Crippen molar-refractivity contribution in [2.24, 2.45) is 4.99 Å². The van der Waals surface area contributed by atoms with Crippen LogP contribution in [0.5, 0.6) is 0 Å². The van der Waals surface area contributed by atoms with Crippen molar-refractivity contribution in [3.05, 3.63) is 46.3 Å². The zero-order chi connectivity index (χ0) is 17.5. The third kappa shape index (κ3) is 4.54. The molecule has 3 aromatic heterocycles. The second-order valence-corrected chi connectivity index (χ2v) is 6.77. The first-order valence-electron chi connectivity index (χ1n) is 8.47. The van der Waals surface area contributed by atoms with Gasteiger partial charge in [0.15, 0.2) is 11.6 Å². The van der Waals surface area contributed by atoms with Gasteiger partial charge in [-0.3, -0.25) is 9.39 Å². The molecule has 0 spiro atoms. The van der Waals surface area contributed by atoms with E-state index in [0.29, 0.717) is 6.54 Å². The fourth-order valence-corrected chi connectivity index (χ4v) is 3.29. The third-order valence-electron chi connectivity index (χ3n) is 3.83. The molecule has 7 nitrogen and oxygen atoms in total. The smallest absolute Gasteiger partial charge is 0.191 e. The fraction of sp³-hybridized carbons (Fsp3) is 0.412.